The molecule has 0 aromatic heterocycles. The largest absolute Gasteiger partial charge is 0.393 e. The van der Waals surface area contributed by atoms with E-state index < -0.39 is 4.92 Å². The van der Waals surface area contributed by atoms with Crippen molar-refractivity contribution in [2.45, 2.75) is 38.2 Å². The van der Waals surface area contributed by atoms with Gasteiger partial charge in [-0.25, -0.2) is 0 Å². The highest BCUT2D eigenvalue weighted by molar-refractivity contribution is 5.33. The maximum atomic E-state index is 10.5. The molecule has 1 unspecified atom stereocenters. The summed E-state index contributed by atoms with van der Waals surface area (Å²) in [5, 5.41) is 20.4. The van der Waals surface area contributed by atoms with Crippen molar-refractivity contribution in [3.05, 3.63) is 39.9 Å². The van der Waals surface area contributed by atoms with Gasteiger partial charge in [0.25, 0.3) is 5.69 Å². The Morgan fingerprint density at radius 3 is 2.47 bits per heavy atom. The summed E-state index contributed by atoms with van der Waals surface area (Å²) in [5.41, 5.74) is 1.06. The average Bonchev–Trinajstić information content (AvgIpc) is 2.24. The number of nitro groups is 1. The van der Waals surface area contributed by atoms with Crippen LogP contribution in [0.25, 0.3) is 0 Å². The van der Waals surface area contributed by atoms with Gasteiger partial charge in [0.2, 0.25) is 0 Å². The number of aliphatic hydroxyl groups excluding tert-OH is 1. The second-order valence-electron chi connectivity index (χ2n) is 4.81. The van der Waals surface area contributed by atoms with Crippen LogP contribution in [-0.4, -0.2) is 16.1 Å². The number of aliphatic hydroxyl groups is 1. The molecular weight excluding hydrogens is 218 g/mol. The van der Waals surface area contributed by atoms with Gasteiger partial charge in [-0.2, -0.15) is 0 Å². The van der Waals surface area contributed by atoms with Gasteiger partial charge in [0.1, 0.15) is 0 Å². The van der Waals surface area contributed by atoms with E-state index in [0.29, 0.717) is 12.3 Å². The molecule has 0 radical (unpaired) electrons. The molecule has 0 amide bonds. The molecule has 1 aromatic rings. The third kappa shape index (κ3) is 3.27. The SMILES string of the molecule is O=[N+]([O-])c1ccc(CC(O)CC2CCC2)cc1. The lowest BCUT2D eigenvalue weighted by atomic mass is 9.80. The molecule has 0 heterocycles. The number of rotatable bonds is 5. The molecule has 17 heavy (non-hydrogen) atoms. The summed E-state index contributed by atoms with van der Waals surface area (Å²) in [5.74, 6) is 0.683. The Kier molecular flexibility index (Phi) is 3.74. The first-order valence-corrected chi connectivity index (χ1v) is 6.06. The molecule has 4 nitrogen and oxygen atoms in total. The van der Waals surface area contributed by atoms with Crippen molar-refractivity contribution in [2.24, 2.45) is 5.92 Å². The van der Waals surface area contributed by atoms with E-state index in [0.717, 1.165) is 12.0 Å². The van der Waals surface area contributed by atoms with E-state index in [1.807, 2.05) is 0 Å². The molecule has 1 atom stereocenters. The van der Waals surface area contributed by atoms with Crippen LogP contribution in [-0.2, 0) is 6.42 Å². The van der Waals surface area contributed by atoms with E-state index in [9.17, 15) is 15.2 Å². The number of hydrogen-bond acceptors (Lipinski definition) is 3. The molecule has 1 aliphatic rings. The minimum absolute atomic E-state index is 0.0993. The van der Waals surface area contributed by atoms with E-state index >= 15 is 0 Å². The van der Waals surface area contributed by atoms with Gasteiger partial charge in [0, 0.05) is 12.1 Å². The number of benzene rings is 1. The summed E-state index contributed by atoms with van der Waals surface area (Å²) in [7, 11) is 0. The molecule has 0 saturated heterocycles. The van der Waals surface area contributed by atoms with Crippen LogP contribution in [0.1, 0.15) is 31.2 Å². The summed E-state index contributed by atoms with van der Waals surface area (Å²) in [6.45, 7) is 0. The van der Waals surface area contributed by atoms with Crippen LogP contribution < -0.4 is 0 Å². The molecule has 92 valence electrons. The third-order valence-electron chi connectivity index (χ3n) is 3.45. The van der Waals surface area contributed by atoms with Gasteiger partial charge in [-0.05, 0) is 24.3 Å². The normalized spacial score (nSPS) is 17.5. The number of nitro benzene ring substituents is 1. The Hall–Kier alpha value is -1.42. The predicted molar refractivity (Wildman–Crippen MR) is 64.8 cm³/mol. The zero-order valence-corrected chi connectivity index (χ0v) is 9.71. The zero-order chi connectivity index (χ0) is 12.3. The van der Waals surface area contributed by atoms with Crippen LogP contribution in [0.5, 0.6) is 0 Å². The molecule has 1 aromatic carbocycles. The molecule has 4 heteroatoms. The summed E-state index contributed by atoms with van der Waals surface area (Å²) >= 11 is 0. The highest BCUT2D eigenvalue weighted by atomic mass is 16.6. The Labute approximate surface area is 100 Å². The summed E-state index contributed by atoms with van der Waals surface area (Å²) in [4.78, 5) is 10.1. The van der Waals surface area contributed by atoms with E-state index in [-0.39, 0.29) is 11.8 Å². The van der Waals surface area contributed by atoms with Crippen molar-refractivity contribution < 1.29 is 10.0 Å². The Bertz CT molecular complexity index is 384. The van der Waals surface area contributed by atoms with Crippen molar-refractivity contribution in [3.63, 3.8) is 0 Å². The maximum absolute atomic E-state index is 10.5. The lowest BCUT2D eigenvalue weighted by molar-refractivity contribution is -0.384. The second-order valence-corrected chi connectivity index (χ2v) is 4.81. The fraction of sp³-hybridized carbons (Fsp3) is 0.538. The summed E-state index contributed by atoms with van der Waals surface area (Å²) in [6.07, 6.45) is 4.89. The topological polar surface area (TPSA) is 63.4 Å². The zero-order valence-electron chi connectivity index (χ0n) is 9.71. The maximum Gasteiger partial charge on any atom is 0.269 e. The fourth-order valence-electron chi connectivity index (χ4n) is 2.22. The second kappa shape index (κ2) is 5.27. The van der Waals surface area contributed by atoms with Crippen molar-refractivity contribution in [1.29, 1.82) is 0 Å². The lowest BCUT2D eigenvalue weighted by Gasteiger charge is -2.27. The van der Waals surface area contributed by atoms with Gasteiger partial charge in [-0.1, -0.05) is 31.4 Å². The molecular formula is C13H17NO3. The van der Waals surface area contributed by atoms with Gasteiger partial charge >= 0.3 is 0 Å². The van der Waals surface area contributed by atoms with Gasteiger partial charge in [0.15, 0.2) is 0 Å². The van der Waals surface area contributed by atoms with Crippen LogP contribution in [0, 0.1) is 16.0 Å². The molecule has 1 fully saturated rings. The Morgan fingerprint density at radius 1 is 1.35 bits per heavy atom. The molecule has 2 rings (SSSR count). The van der Waals surface area contributed by atoms with Crippen molar-refractivity contribution in [1.82, 2.24) is 0 Å². The highest BCUT2D eigenvalue weighted by Crippen LogP contribution is 2.31. The lowest BCUT2D eigenvalue weighted by Crippen LogP contribution is -2.20. The van der Waals surface area contributed by atoms with E-state index in [4.69, 9.17) is 0 Å². The number of hydrogen-bond donors (Lipinski definition) is 1. The van der Waals surface area contributed by atoms with Crippen molar-refractivity contribution in [3.8, 4) is 0 Å². The molecule has 0 spiro atoms. The average molecular weight is 235 g/mol. The highest BCUT2D eigenvalue weighted by Gasteiger charge is 2.21. The van der Waals surface area contributed by atoms with Crippen LogP contribution >= 0.6 is 0 Å². The fourth-order valence-corrected chi connectivity index (χ4v) is 2.22. The van der Waals surface area contributed by atoms with Crippen molar-refractivity contribution >= 4 is 5.69 Å². The first-order chi connectivity index (χ1) is 8.15. The summed E-state index contributed by atoms with van der Waals surface area (Å²) in [6, 6.07) is 6.43. The van der Waals surface area contributed by atoms with E-state index in [1.165, 1.54) is 31.4 Å². The third-order valence-corrected chi connectivity index (χ3v) is 3.45. The van der Waals surface area contributed by atoms with Crippen LogP contribution in [0.2, 0.25) is 0 Å². The van der Waals surface area contributed by atoms with Crippen LogP contribution in [0.15, 0.2) is 24.3 Å². The van der Waals surface area contributed by atoms with Gasteiger partial charge < -0.3 is 5.11 Å². The first-order valence-electron chi connectivity index (χ1n) is 6.06. The van der Waals surface area contributed by atoms with Gasteiger partial charge in [-0.3, -0.25) is 10.1 Å². The molecule has 1 N–H and O–H groups in total. The minimum Gasteiger partial charge on any atom is -0.393 e. The first kappa shape index (κ1) is 12.0. The molecule has 0 aliphatic heterocycles. The van der Waals surface area contributed by atoms with Gasteiger partial charge in [0.05, 0.1) is 11.0 Å². The van der Waals surface area contributed by atoms with Gasteiger partial charge in [-0.15, -0.1) is 0 Å². The number of non-ortho nitro benzene ring substituents is 1. The Balaban J connectivity index is 1.86. The Morgan fingerprint density at radius 2 is 2.00 bits per heavy atom. The number of nitrogens with zero attached hydrogens (tertiary/aromatic N) is 1. The monoisotopic (exact) mass is 235 g/mol. The standard InChI is InChI=1S/C13H17NO3/c15-13(8-10-2-1-3-10)9-11-4-6-12(7-5-11)14(16)17/h4-7,10,13,15H,1-3,8-9H2. The van der Waals surface area contributed by atoms with Crippen LogP contribution in [0.3, 0.4) is 0 Å². The summed E-state index contributed by atoms with van der Waals surface area (Å²) < 4.78 is 0. The van der Waals surface area contributed by atoms with E-state index in [1.54, 1.807) is 12.1 Å². The quantitative estimate of drug-likeness (QED) is 0.630. The molecule has 0 bridgehead atoms. The minimum atomic E-state index is -0.408. The van der Waals surface area contributed by atoms with Crippen molar-refractivity contribution in [2.75, 3.05) is 0 Å². The van der Waals surface area contributed by atoms with Crippen LogP contribution in [0.4, 0.5) is 5.69 Å². The molecule has 1 saturated carbocycles. The smallest absolute Gasteiger partial charge is 0.269 e. The molecule has 1 aliphatic carbocycles. The predicted octanol–water partition coefficient (Wildman–Crippen LogP) is 2.69. The van der Waals surface area contributed by atoms with E-state index in [2.05, 4.69) is 0 Å².